The summed E-state index contributed by atoms with van der Waals surface area (Å²) in [4.78, 5) is 18.5. The van der Waals surface area contributed by atoms with E-state index in [-0.39, 0.29) is 17.0 Å². The maximum absolute atomic E-state index is 12.2. The number of ether oxygens (including phenoxy) is 1. The fourth-order valence-corrected chi connectivity index (χ4v) is 4.79. The van der Waals surface area contributed by atoms with Crippen molar-refractivity contribution in [2.24, 2.45) is 0 Å². The van der Waals surface area contributed by atoms with Crippen molar-refractivity contribution in [1.82, 2.24) is 9.88 Å². The van der Waals surface area contributed by atoms with E-state index in [0.717, 1.165) is 23.9 Å². The van der Waals surface area contributed by atoms with Gasteiger partial charge >= 0.3 is 6.09 Å². The lowest BCUT2D eigenvalue weighted by atomic mass is 9.39. The molecule has 0 radical (unpaired) electrons. The van der Waals surface area contributed by atoms with Crippen molar-refractivity contribution >= 4 is 33.4 Å². The number of nitrogens with zero attached hydrogens (tertiary/aromatic N) is 2. The lowest BCUT2D eigenvalue weighted by Gasteiger charge is -2.72. The molecule has 110 valence electrons. The van der Waals surface area contributed by atoms with E-state index in [0.29, 0.717) is 0 Å². The molecule has 0 unspecified atom stereocenters. The maximum Gasteiger partial charge on any atom is 0.410 e. The highest BCUT2D eigenvalue weighted by Crippen LogP contribution is 2.70. The smallest absolute Gasteiger partial charge is 0.410 e. The van der Waals surface area contributed by atoms with Crippen molar-refractivity contribution in [2.75, 3.05) is 7.05 Å². The lowest BCUT2D eigenvalue weighted by Crippen LogP contribution is -2.76. The second-order valence-corrected chi connectivity index (χ2v) is 8.72. The van der Waals surface area contributed by atoms with E-state index in [1.165, 1.54) is 5.01 Å². The molecule has 0 aromatic carbocycles. The number of thiazole rings is 1. The summed E-state index contributed by atoms with van der Waals surface area (Å²) in [5, 5.41) is 3.23. The molecule has 1 aromatic rings. The van der Waals surface area contributed by atoms with Crippen LogP contribution < -0.4 is 0 Å². The van der Waals surface area contributed by atoms with Crippen molar-refractivity contribution in [2.45, 2.75) is 56.6 Å². The fourth-order valence-electron chi connectivity index (χ4n) is 3.34. The molecule has 3 saturated carbocycles. The highest BCUT2D eigenvalue weighted by Gasteiger charge is 2.72. The molecule has 3 aliphatic carbocycles. The zero-order valence-corrected chi connectivity index (χ0v) is 14.6. The van der Waals surface area contributed by atoms with E-state index in [1.807, 2.05) is 33.2 Å². The van der Waals surface area contributed by atoms with Crippen LogP contribution in [0.25, 0.3) is 0 Å². The summed E-state index contributed by atoms with van der Waals surface area (Å²) in [5.74, 6) is 0. The van der Waals surface area contributed by atoms with Crippen LogP contribution in [0.15, 0.2) is 9.98 Å². The number of hydrogen-bond acceptors (Lipinski definition) is 4. The SMILES string of the molecule is CN(C(=O)OC(C)(C)C)C12CC(c3nc(Br)cs3)(C1)C2. The van der Waals surface area contributed by atoms with Gasteiger partial charge in [-0.1, -0.05) is 0 Å². The Morgan fingerprint density at radius 3 is 2.50 bits per heavy atom. The van der Waals surface area contributed by atoms with Gasteiger partial charge in [0.2, 0.25) is 0 Å². The number of amides is 1. The molecule has 0 aliphatic heterocycles. The third-order valence-electron chi connectivity index (χ3n) is 4.31. The van der Waals surface area contributed by atoms with Crippen LogP contribution in [0.4, 0.5) is 4.79 Å². The quantitative estimate of drug-likeness (QED) is 0.803. The fraction of sp³-hybridized carbons (Fsp3) is 0.714. The number of aromatic nitrogens is 1. The van der Waals surface area contributed by atoms with Gasteiger partial charge in [-0.2, -0.15) is 0 Å². The van der Waals surface area contributed by atoms with Gasteiger partial charge in [0.1, 0.15) is 15.2 Å². The molecule has 4 rings (SSSR count). The molecule has 20 heavy (non-hydrogen) atoms. The molecular weight excluding hydrogens is 340 g/mol. The second kappa shape index (κ2) is 4.19. The number of carbonyl (C=O) groups is 1. The lowest BCUT2D eigenvalue weighted by molar-refractivity contribution is -0.154. The molecular formula is C14H19BrN2O2S. The third kappa shape index (κ3) is 2.08. The van der Waals surface area contributed by atoms with Crippen LogP contribution >= 0.6 is 27.3 Å². The summed E-state index contributed by atoms with van der Waals surface area (Å²) in [5.41, 5.74) is -0.222. The number of rotatable bonds is 2. The van der Waals surface area contributed by atoms with Gasteiger partial charge in [0.15, 0.2) is 0 Å². The maximum atomic E-state index is 12.2. The van der Waals surface area contributed by atoms with Crippen LogP contribution in [0.3, 0.4) is 0 Å². The number of carbonyl (C=O) groups excluding carboxylic acids is 1. The van der Waals surface area contributed by atoms with E-state index < -0.39 is 5.60 Å². The summed E-state index contributed by atoms with van der Waals surface area (Å²) in [6.45, 7) is 5.69. The Morgan fingerprint density at radius 2 is 2.05 bits per heavy atom. The molecule has 1 aromatic heterocycles. The Kier molecular flexibility index (Phi) is 3.00. The van der Waals surface area contributed by atoms with Gasteiger partial charge in [0, 0.05) is 23.4 Å². The van der Waals surface area contributed by atoms with E-state index >= 15 is 0 Å². The van der Waals surface area contributed by atoms with Crippen molar-refractivity contribution in [3.63, 3.8) is 0 Å². The first kappa shape index (κ1) is 14.3. The molecule has 0 spiro atoms. The van der Waals surface area contributed by atoms with Gasteiger partial charge in [-0.05, 0) is 56.0 Å². The van der Waals surface area contributed by atoms with Crippen LogP contribution in [-0.2, 0) is 10.2 Å². The zero-order valence-electron chi connectivity index (χ0n) is 12.2. The minimum atomic E-state index is -0.438. The minimum Gasteiger partial charge on any atom is -0.444 e. The van der Waals surface area contributed by atoms with Gasteiger partial charge in [-0.3, -0.25) is 0 Å². The summed E-state index contributed by atoms with van der Waals surface area (Å²) in [7, 11) is 1.86. The first-order chi connectivity index (χ1) is 9.16. The predicted octanol–water partition coefficient (Wildman–Crippen LogP) is 3.95. The van der Waals surface area contributed by atoms with Gasteiger partial charge in [0.05, 0.1) is 0 Å². The highest BCUT2D eigenvalue weighted by molar-refractivity contribution is 9.10. The predicted molar refractivity (Wildman–Crippen MR) is 82.1 cm³/mol. The Balaban J connectivity index is 1.64. The summed E-state index contributed by atoms with van der Waals surface area (Å²) >= 11 is 5.11. The molecule has 1 heterocycles. The summed E-state index contributed by atoms with van der Waals surface area (Å²) in [6.07, 6.45) is 2.81. The van der Waals surface area contributed by atoms with Gasteiger partial charge in [0.25, 0.3) is 0 Å². The first-order valence-electron chi connectivity index (χ1n) is 6.74. The van der Waals surface area contributed by atoms with Crippen molar-refractivity contribution in [3.05, 3.63) is 15.0 Å². The molecule has 3 aliphatic rings. The minimum absolute atomic E-state index is 0.000476. The van der Waals surface area contributed by atoms with E-state index in [4.69, 9.17) is 4.74 Å². The summed E-state index contributed by atoms with van der Waals surface area (Å²) in [6, 6.07) is 0. The highest BCUT2D eigenvalue weighted by atomic mass is 79.9. The Hall–Kier alpha value is -0.620. The van der Waals surface area contributed by atoms with Gasteiger partial charge in [-0.25, -0.2) is 9.78 Å². The third-order valence-corrected chi connectivity index (χ3v) is 6.11. The van der Waals surface area contributed by atoms with E-state index in [2.05, 4.69) is 20.9 Å². The Labute approximate surface area is 131 Å². The standard InChI is InChI=1S/C14H19BrN2O2S/c1-12(2,3)19-11(18)17(4)14-6-13(7-14,8-14)10-16-9(15)5-20-10/h5H,6-8H2,1-4H3. The second-order valence-electron chi connectivity index (χ2n) is 7.05. The van der Waals surface area contributed by atoms with Crippen LogP contribution in [-0.4, -0.2) is 34.2 Å². The topological polar surface area (TPSA) is 42.4 Å². The van der Waals surface area contributed by atoms with Crippen LogP contribution in [0.5, 0.6) is 0 Å². The largest absolute Gasteiger partial charge is 0.444 e. The van der Waals surface area contributed by atoms with Crippen molar-refractivity contribution in [3.8, 4) is 0 Å². The van der Waals surface area contributed by atoms with Crippen LogP contribution in [0, 0.1) is 0 Å². The Bertz CT molecular complexity index is 544. The average molecular weight is 359 g/mol. The van der Waals surface area contributed by atoms with E-state index in [9.17, 15) is 4.79 Å². The van der Waals surface area contributed by atoms with Crippen molar-refractivity contribution in [1.29, 1.82) is 0 Å². The van der Waals surface area contributed by atoms with Crippen LogP contribution in [0.2, 0.25) is 0 Å². The van der Waals surface area contributed by atoms with Crippen LogP contribution in [0.1, 0.15) is 45.0 Å². The summed E-state index contributed by atoms with van der Waals surface area (Å²) < 4.78 is 6.37. The number of hydrogen-bond donors (Lipinski definition) is 0. The van der Waals surface area contributed by atoms with E-state index in [1.54, 1.807) is 16.2 Å². The molecule has 4 nitrogen and oxygen atoms in total. The normalized spacial score (nSPS) is 31.2. The molecule has 0 saturated heterocycles. The molecule has 0 N–H and O–H groups in total. The van der Waals surface area contributed by atoms with Crippen molar-refractivity contribution < 1.29 is 9.53 Å². The average Bonchev–Trinajstić information content (AvgIpc) is 2.58. The molecule has 0 atom stereocenters. The molecule has 6 heteroatoms. The number of halogens is 1. The van der Waals surface area contributed by atoms with Gasteiger partial charge < -0.3 is 9.64 Å². The molecule has 1 amide bonds. The monoisotopic (exact) mass is 358 g/mol. The van der Waals surface area contributed by atoms with Gasteiger partial charge in [-0.15, -0.1) is 11.3 Å². The Morgan fingerprint density at radius 1 is 1.45 bits per heavy atom. The molecule has 2 bridgehead atoms. The molecule has 3 fully saturated rings. The first-order valence-corrected chi connectivity index (χ1v) is 8.42. The zero-order chi connectivity index (χ0) is 14.8.